The summed E-state index contributed by atoms with van der Waals surface area (Å²) in [6.07, 6.45) is 4.38. The number of urea groups is 1. The Morgan fingerprint density at radius 1 is 1.30 bits per heavy atom. The van der Waals surface area contributed by atoms with Crippen LogP contribution in [-0.4, -0.2) is 66.6 Å². The first-order chi connectivity index (χ1) is 13.1. The number of nitrogens with one attached hydrogen (secondary N) is 2. The Hall–Kier alpha value is -2.54. The fourth-order valence-electron chi connectivity index (χ4n) is 4.36. The van der Waals surface area contributed by atoms with E-state index in [4.69, 9.17) is 4.74 Å². The number of nitrogens with zero attached hydrogens (tertiary/aromatic N) is 2. The molecule has 3 amide bonds. The number of likely N-dealkylation sites (tertiary alicyclic amines) is 2. The van der Waals surface area contributed by atoms with Gasteiger partial charge in [0.25, 0.3) is 0 Å². The van der Waals surface area contributed by atoms with Gasteiger partial charge in [0.2, 0.25) is 5.91 Å². The van der Waals surface area contributed by atoms with Crippen molar-refractivity contribution in [2.45, 2.75) is 19.3 Å². The molecule has 1 spiro atoms. The number of aromatic nitrogens is 1. The number of benzene rings is 1. The lowest BCUT2D eigenvalue weighted by Crippen LogP contribution is -2.51. The molecule has 0 bridgehead atoms. The zero-order chi connectivity index (χ0) is 18.9. The fourth-order valence-corrected chi connectivity index (χ4v) is 4.36. The number of amides is 3. The lowest BCUT2D eigenvalue weighted by atomic mass is 9.78. The van der Waals surface area contributed by atoms with Crippen LogP contribution >= 0.6 is 0 Å². The van der Waals surface area contributed by atoms with E-state index in [1.807, 2.05) is 35.4 Å². The van der Waals surface area contributed by atoms with Crippen molar-refractivity contribution in [1.82, 2.24) is 14.8 Å². The van der Waals surface area contributed by atoms with E-state index in [-0.39, 0.29) is 11.9 Å². The van der Waals surface area contributed by atoms with E-state index in [1.54, 1.807) is 12.0 Å². The predicted molar refractivity (Wildman–Crippen MR) is 104 cm³/mol. The van der Waals surface area contributed by atoms with Crippen LogP contribution in [-0.2, 0) is 9.53 Å². The van der Waals surface area contributed by atoms with Gasteiger partial charge in [0.05, 0.1) is 17.7 Å². The molecular formula is C20H26N4O3. The van der Waals surface area contributed by atoms with Gasteiger partial charge in [-0.25, -0.2) is 4.79 Å². The summed E-state index contributed by atoms with van der Waals surface area (Å²) in [7, 11) is 1.65. The van der Waals surface area contributed by atoms with Crippen molar-refractivity contribution in [1.29, 1.82) is 0 Å². The number of hydrogen-bond acceptors (Lipinski definition) is 3. The quantitative estimate of drug-likeness (QED) is 0.869. The molecule has 27 heavy (non-hydrogen) atoms. The van der Waals surface area contributed by atoms with E-state index in [1.165, 1.54) is 0 Å². The van der Waals surface area contributed by atoms with E-state index >= 15 is 0 Å². The number of H-pyrrole nitrogens is 1. The monoisotopic (exact) mass is 370 g/mol. The number of carbonyl (C=O) groups is 2. The van der Waals surface area contributed by atoms with Crippen LogP contribution in [0.2, 0.25) is 0 Å². The van der Waals surface area contributed by atoms with E-state index in [2.05, 4.69) is 10.3 Å². The van der Waals surface area contributed by atoms with Gasteiger partial charge in [-0.1, -0.05) is 18.2 Å². The fraction of sp³-hybridized carbons (Fsp3) is 0.500. The maximum Gasteiger partial charge on any atom is 0.321 e. The van der Waals surface area contributed by atoms with Crippen LogP contribution in [0.15, 0.2) is 30.5 Å². The molecule has 2 aliphatic heterocycles. The number of methoxy groups -OCH3 is 1. The molecular weight excluding hydrogens is 344 g/mol. The number of aromatic amines is 1. The summed E-state index contributed by atoms with van der Waals surface area (Å²) in [6.45, 7) is 3.05. The second kappa shape index (κ2) is 7.23. The molecule has 1 aromatic heterocycles. The third-order valence-electron chi connectivity index (χ3n) is 5.86. The van der Waals surface area contributed by atoms with E-state index in [0.29, 0.717) is 26.2 Å². The van der Waals surface area contributed by atoms with Gasteiger partial charge in [-0.15, -0.1) is 0 Å². The highest BCUT2D eigenvalue weighted by molar-refractivity contribution is 6.01. The molecule has 2 aromatic rings. The summed E-state index contributed by atoms with van der Waals surface area (Å²) in [6, 6.07) is 7.72. The molecule has 3 heterocycles. The van der Waals surface area contributed by atoms with Gasteiger partial charge in [0.1, 0.15) is 0 Å². The maximum absolute atomic E-state index is 13.0. The van der Waals surface area contributed by atoms with E-state index in [9.17, 15) is 9.59 Å². The topological polar surface area (TPSA) is 77.7 Å². The Balaban J connectivity index is 1.44. The minimum Gasteiger partial charge on any atom is -0.383 e. The number of rotatable bonds is 4. The molecule has 0 aliphatic carbocycles. The van der Waals surface area contributed by atoms with Gasteiger partial charge in [-0.05, 0) is 25.3 Å². The van der Waals surface area contributed by atoms with Crippen LogP contribution in [0.5, 0.6) is 0 Å². The smallest absolute Gasteiger partial charge is 0.321 e. The molecule has 2 saturated heterocycles. The van der Waals surface area contributed by atoms with Gasteiger partial charge >= 0.3 is 6.03 Å². The average Bonchev–Trinajstić information content (AvgIpc) is 3.29. The SMILES string of the molecule is COCCN1CCCC2(CCN(C(=O)Nc3c[nH]c4ccccc34)C2)C1=O. The van der Waals surface area contributed by atoms with E-state index < -0.39 is 5.41 Å². The molecule has 4 rings (SSSR count). The molecule has 2 fully saturated rings. The number of ether oxygens (including phenoxy) is 1. The number of hydrogen-bond donors (Lipinski definition) is 2. The average molecular weight is 370 g/mol. The highest BCUT2D eigenvalue weighted by Crippen LogP contribution is 2.40. The first-order valence-corrected chi connectivity index (χ1v) is 9.53. The summed E-state index contributed by atoms with van der Waals surface area (Å²) in [4.78, 5) is 32.7. The van der Waals surface area contributed by atoms with Crippen molar-refractivity contribution in [3.8, 4) is 0 Å². The Morgan fingerprint density at radius 3 is 3.00 bits per heavy atom. The molecule has 1 aromatic carbocycles. The Morgan fingerprint density at radius 2 is 2.15 bits per heavy atom. The minimum atomic E-state index is -0.427. The van der Waals surface area contributed by atoms with Crippen molar-refractivity contribution < 1.29 is 14.3 Å². The molecule has 7 heteroatoms. The highest BCUT2D eigenvalue weighted by Gasteiger charge is 2.49. The third kappa shape index (κ3) is 3.27. The zero-order valence-corrected chi connectivity index (χ0v) is 15.7. The predicted octanol–water partition coefficient (Wildman–Crippen LogP) is 2.66. The molecule has 1 atom stereocenters. The van der Waals surface area contributed by atoms with Crippen molar-refractivity contribution in [3.05, 3.63) is 30.5 Å². The van der Waals surface area contributed by atoms with Crippen LogP contribution in [0.25, 0.3) is 10.9 Å². The summed E-state index contributed by atoms with van der Waals surface area (Å²) in [5.41, 5.74) is 1.33. The normalized spacial score (nSPS) is 22.8. The van der Waals surface area contributed by atoms with Crippen LogP contribution in [0, 0.1) is 5.41 Å². The third-order valence-corrected chi connectivity index (χ3v) is 5.86. The largest absolute Gasteiger partial charge is 0.383 e. The number of anilines is 1. The van der Waals surface area contributed by atoms with Gasteiger partial charge in [0.15, 0.2) is 0 Å². The lowest BCUT2D eigenvalue weighted by molar-refractivity contribution is -0.146. The van der Waals surface area contributed by atoms with Crippen LogP contribution in [0.1, 0.15) is 19.3 Å². The second-order valence-electron chi connectivity index (χ2n) is 7.52. The summed E-state index contributed by atoms with van der Waals surface area (Å²) in [5, 5.41) is 3.99. The molecule has 1 unspecified atom stereocenters. The van der Waals surface area contributed by atoms with Gasteiger partial charge in [-0.3, -0.25) is 4.79 Å². The van der Waals surface area contributed by atoms with Gasteiger partial charge in [-0.2, -0.15) is 0 Å². The Kier molecular flexibility index (Phi) is 4.78. The molecule has 7 nitrogen and oxygen atoms in total. The summed E-state index contributed by atoms with van der Waals surface area (Å²) < 4.78 is 5.13. The number of carbonyl (C=O) groups excluding carboxylic acids is 2. The Bertz CT molecular complexity index is 849. The molecule has 0 saturated carbocycles. The van der Waals surface area contributed by atoms with Crippen molar-refractivity contribution >= 4 is 28.5 Å². The van der Waals surface area contributed by atoms with E-state index in [0.717, 1.165) is 42.4 Å². The Labute approximate surface area is 158 Å². The first kappa shape index (κ1) is 17.9. The molecule has 2 N–H and O–H groups in total. The number of para-hydroxylation sites is 1. The van der Waals surface area contributed by atoms with Crippen molar-refractivity contribution in [3.63, 3.8) is 0 Å². The first-order valence-electron chi connectivity index (χ1n) is 9.53. The van der Waals surface area contributed by atoms with Gasteiger partial charge in [0, 0.05) is 50.4 Å². The van der Waals surface area contributed by atoms with Crippen molar-refractivity contribution in [2.75, 3.05) is 45.2 Å². The highest BCUT2D eigenvalue weighted by atomic mass is 16.5. The standard InChI is InChI=1S/C20H26N4O3/c1-27-12-11-23-9-4-7-20(18(23)25)8-10-24(14-20)19(26)22-17-13-21-16-6-3-2-5-15(16)17/h2-3,5-6,13,21H,4,7-12,14H2,1H3,(H,22,26). The number of fused-ring (bicyclic) bond motifs is 1. The second-order valence-corrected chi connectivity index (χ2v) is 7.52. The molecule has 144 valence electrons. The van der Waals surface area contributed by atoms with Crippen molar-refractivity contribution in [2.24, 2.45) is 5.41 Å². The van der Waals surface area contributed by atoms with Crippen LogP contribution < -0.4 is 5.32 Å². The summed E-state index contributed by atoms with van der Waals surface area (Å²) >= 11 is 0. The van der Waals surface area contributed by atoms with Crippen LogP contribution in [0.4, 0.5) is 10.5 Å². The summed E-state index contributed by atoms with van der Waals surface area (Å²) in [5.74, 6) is 0.174. The van der Waals surface area contributed by atoms with Crippen LogP contribution in [0.3, 0.4) is 0 Å². The molecule has 0 radical (unpaired) electrons. The molecule has 2 aliphatic rings. The lowest BCUT2D eigenvalue weighted by Gasteiger charge is -2.39. The maximum atomic E-state index is 13.0. The van der Waals surface area contributed by atoms with Gasteiger partial charge < -0.3 is 24.8 Å². The zero-order valence-electron chi connectivity index (χ0n) is 15.7. The number of piperidine rings is 1. The minimum absolute atomic E-state index is 0.140.